The van der Waals surface area contributed by atoms with Crippen LogP contribution in [0.4, 0.5) is 5.82 Å². The molecule has 3 heterocycles. The number of anilines is 1. The number of carbonyl (C=O) groups excluding carboxylic acids is 1. The molecule has 3 rings (SSSR count). The molecule has 0 bridgehead atoms. The van der Waals surface area contributed by atoms with Crippen molar-refractivity contribution in [3.05, 3.63) is 45.3 Å². The third-order valence-electron chi connectivity index (χ3n) is 4.11. The number of ether oxygens (including phenoxy) is 1. The van der Waals surface area contributed by atoms with Crippen molar-refractivity contribution in [2.45, 2.75) is 33.4 Å². The highest BCUT2D eigenvalue weighted by Gasteiger charge is 2.17. The fraction of sp³-hybridized carbons (Fsp3) is 0.444. The first-order valence-corrected chi connectivity index (χ1v) is 9.01. The van der Waals surface area contributed by atoms with Gasteiger partial charge < -0.3 is 15.0 Å². The summed E-state index contributed by atoms with van der Waals surface area (Å²) in [4.78, 5) is 21.2. The lowest BCUT2D eigenvalue weighted by Crippen LogP contribution is -2.41. The second-order valence-corrected chi connectivity index (χ2v) is 7.62. The van der Waals surface area contributed by atoms with Gasteiger partial charge in [-0.05, 0) is 38.5 Å². The Morgan fingerprint density at radius 3 is 2.92 bits per heavy atom. The molecule has 1 aliphatic rings. The van der Waals surface area contributed by atoms with Crippen molar-refractivity contribution < 1.29 is 9.53 Å². The van der Waals surface area contributed by atoms with Gasteiger partial charge in [0.05, 0.1) is 18.3 Å². The third kappa shape index (κ3) is 3.94. The zero-order valence-electron chi connectivity index (χ0n) is 14.3. The fourth-order valence-electron chi connectivity index (χ4n) is 2.87. The number of rotatable bonds is 4. The van der Waals surface area contributed by atoms with Gasteiger partial charge >= 0.3 is 0 Å². The lowest BCUT2D eigenvalue weighted by Gasteiger charge is -2.32. The van der Waals surface area contributed by atoms with Crippen LogP contribution in [-0.4, -0.2) is 36.7 Å². The summed E-state index contributed by atoms with van der Waals surface area (Å²) in [6, 6.07) is 5.98. The summed E-state index contributed by atoms with van der Waals surface area (Å²) in [6.45, 7) is 9.02. The van der Waals surface area contributed by atoms with E-state index in [0.717, 1.165) is 46.4 Å². The number of morpholine rings is 1. The molecule has 1 fully saturated rings. The van der Waals surface area contributed by atoms with Crippen molar-refractivity contribution in [1.29, 1.82) is 0 Å². The lowest BCUT2D eigenvalue weighted by atomic mass is 10.2. The van der Waals surface area contributed by atoms with Crippen LogP contribution in [0.2, 0.25) is 0 Å². The van der Waals surface area contributed by atoms with Crippen molar-refractivity contribution in [3.63, 3.8) is 0 Å². The average Bonchev–Trinajstić information content (AvgIpc) is 2.91. The van der Waals surface area contributed by atoms with Gasteiger partial charge in [-0.25, -0.2) is 4.98 Å². The van der Waals surface area contributed by atoms with E-state index in [1.54, 1.807) is 11.3 Å². The third-order valence-corrected chi connectivity index (χ3v) is 5.08. The van der Waals surface area contributed by atoms with Gasteiger partial charge in [0.2, 0.25) is 0 Å². The zero-order chi connectivity index (χ0) is 17.1. The minimum atomic E-state index is -0.0251. The molecule has 1 N–H and O–H groups in total. The number of amides is 1. The molecule has 1 amide bonds. The maximum atomic E-state index is 12.3. The number of aryl methyl sites for hydroxylation is 2. The van der Waals surface area contributed by atoms with Crippen LogP contribution in [-0.2, 0) is 11.3 Å². The van der Waals surface area contributed by atoms with Crippen molar-refractivity contribution in [2.24, 2.45) is 0 Å². The number of carbonyl (C=O) groups is 1. The SMILES string of the molecule is Cc1cc(C(=O)NCc2ccc(N3CCOC(C)C3)nc2)c(C)s1. The van der Waals surface area contributed by atoms with Crippen LogP contribution in [0.15, 0.2) is 24.4 Å². The molecule has 1 unspecified atom stereocenters. The second-order valence-electron chi connectivity index (χ2n) is 6.16. The predicted molar refractivity (Wildman–Crippen MR) is 96.8 cm³/mol. The molecule has 128 valence electrons. The van der Waals surface area contributed by atoms with E-state index in [1.807, 2.05) is 38.2 Å². The predicted octanol–water partition coefficient (Wildman–Crippen LogP) is 2.92. The van der Waals surface area contributed by atoms with Gasteiger partial charge in [0.1, 0.15) is 5.82 Å². The van der Waals surface area contributed by atoms with Gasteiger partial charge in [-0.1, -0.05) is 6.07 Å². The topological polar surface area (TPSA) is 54.5 Å². The summed E-state index contributed by atoms with van der Waals surface area (Å²) in [5, 5.41) is 2.97. The largest absolute Gasteiger partial charge is 0.375 e. The second kappa shape index (κ2) is 7.32. The van der Waals surface area contributed by atoms with Crippen molar-refractivity contribution in [2.75, 3.05) is 24.6 Å². The number of hydrogen-bond acceptors (Lipinski definition) is 5. The first-order chi connectivity index (χ1) is 11.5. The number of nitrogens with one attached hydrogen (secondary N) is 1. The molecule has 1 aliphatic heterocycles. The van der Waals surface area contributed by atoms with Crippen LogP contribution < -0.4 is 10.2 Å². The van der Waals surface area contributed by atoms with E-state index in [-0.39, 0.29) is 12.0 Å². The number of thiophene rings is 1. The summed E-state index contributed by atoms with van der Waals surface area (Å²) in [5.41, 5.74) is 1.77. The molecule has 24 heavy (non-hydrogen) atoms. The molecule has 0 aliphatic carbocycles. The van der Waals surface area contributed by atoms with Gasteiger partial charge in [0.25, 0.3) is 5.91 Å². The first-order valence-electron chi connectivity index (χ1n) is 8.19. The number of hydrogen-bond donors (Lipinski definition) is 1. The minimum Gasteiger partial charge on any atom is -0.375 e. The summed E-state index contributed by atoms with van der Waals surface area (Å²) in [5.74, 6) is 0.937. The molecular formula is C18H23N3O2S. The maximum Gasteiger partial charge on any atom is 0.252 e. The average molecular weight is 345 g/mol. The highest BCUT2D eigenvalue weighted by Crippen LogP contribution is 2.20. The number of aromatic nitrogens is 1. The van der Waals surface area contributed by atoms with Crippen LogP contribution in [0.5, 0.6) is 0 Å². The van der Waals surface area contributed by atoms with Crippen molar-refractivity contribution in [3.8, 4) is 0 Å². The molecule has 1 atom stereocenters. The van der Waals surface area contributed by atoms with E-state index in [4.69, 9.17) is 4.74 Å². The summed E-state index contributed by atoms with van der Waals surface area (Å²) in [7, 11) is 0. The Hall–Kier alpha value is -1.92. The summed E-state index contributed by atoms with van der Waals surface area (Å²) >= 11 is 1.65. The fourth-order valence-corrected chi connectivity index (χ4v) is 3.79. The standard InChI is InChI=1S/C18H23N3O2S/c1-12-11-21(6-7-23-12)17-5-4-15(9-19-17)10-20-18(22)16-8-13(2)24-14(16)3/h4-5,8-9,12H,6-7,10-11H2,1-3H3,(H,20,22). The molecule has 1 saturated heterocycles. The summed E-state index contributed by atoms with van der Waals surface area (Å²) < 4.78 is 5.56. The van der Waals surface area contributed by atoms with Crippen molar-refractivity contribution >= 4 is 23.1 Å². The van der Waals surface area contributed by atoms with E-state index >= 15 is 0 Å². The molecule has 0 aromatic carbocycles. The maximum absolute atomic E-state index is 12.3. The van der Waals surface area contributed by atoms with Crippen LogP contribution in [0.1, 0.15) is 32.6 Å². The molecule has 0 spiro atoms. The van der Waals surface area contributed by atoms with Crippen molar-refractivity contribution in [1.82, 2.24) is 10.3 Å². The number of nitrogens with zero attached hydrogens (tertiary/aromatic N) is 2. The van der Waals surface area contributed by atoms with E-state index < -0.39 is 0 Å². The van der Waals surface area contributed by atoms with Crippen LogP contribution in [0.25, 0.3) is 0 Å². The van der Waals surface area contributed by atoms with Gasteiger partial charge in [-0.3, -0.25) is 4.79 Å². The molecule has 0 saturated carbocycles. The van der Waals surface area contributed by atoms with Crippen LogP contribution in [0, 0.1) is 13.8 Å². The minimum absolute atomic E-state index is 0.0251. The Labute approximate surface area is 146 Å². The quantitative estimate of drug-likeness (QED) is 0.926. The van der Waals surface area contributed by atoms with Gasteiger partial charge in [-0.2, -0.15) is 0 Å². The van der Waals surface area contributed by atoms with E-state index in [2.05, 4.69) is 22.1 Å². The Kier molecular flexibility index (Phi) is 5.16. The highest BCUT2D eigenvalue weighted by molar-refractivity contribution is 7.12. The zero-order valence-corrected chi connectivity index (χ0v) is 15.2. The van der Waals surface area contributed by atoms with Gasteiger partial charge in [0, 0.05) is 35.6 Å². The van der Waals surface area contributed by atoms with Crippen LogP contribution in [0.3, 0.4) is 0 Å². The smallest absolute Gasteiger partial charge is 0.252 e. The van der Waals surface area contributed by atoms with E-state index in [0.29, 0.717) is 6.54 Å². The van der Waals surface area contributed by atoms with Crippen LogP contribution >= 0.6 is 11.3 Å². The Morgan fingerprint density at radius 1 is 1.46 bits per heavy atom. The first kappa shape index (κ1) is 16.9. The molecule has 6 heteroatoms. The molecular weight excluding hydrogens is 322 g/mol. The molecule has 5 nitrogen and oxygen atoms in total. The Bertz CT molecular complexity index is 712. The Balaban J connectivity index is 1.58. The lowest BCUT2D eigenvalue weighted by molar-refractivity contribution is 0.0529. The molecule has 0 radical (unpaired) electrons. The van der Waals surface area contributed by atoms with E-state index in [1.165, 1.54) is 0 Å². The molecule has 2 aromatic heterocycles. The van der Waals surface area contributed by atoms with Gasteiger partial charge in [0.15, 0.2) is 0 Å². The Morgan fingerprint density at radius 2 is 2.29 bits per heavy atom. The normalized spacial score (nSPS) is 17.8. The highest BCUT2D eigenvalue weighted by atomic mass is 32.1. The monoisotopic (exact) mass is 345 g/mol. The van der Waals surface area contributed by atoms with E-state index in [9.17, 15) is 4.79 Å². The summed E-state index contributed by atoms with van der Waals surface area (Å²) in [6.07, 6.45) is 2.07. The molecule has 2 aromatic rings. The van der Waals surface area contributed by atoms with Gasteiger partial charge in [-0.15, -0.1) is 11.3 Å². The number of pyridine rings is 1.